The van der Waals surface area contributed by atoms with Gasteiger partial charge in [0.2, 0.25) is 5.91 Å². The van der Waals surface area contributed by atoms with Crippen molar-refractivity contribution < 1.29 is 9.53 Å². The zero-order valence-electron chi connectivity index (χ0n) is 12.3. The van der Waals surface area contributed by atoms with Gasteiger partial charge in [-0.25, -0.2) is 0 Å². The number of hydrogen-bond acceptors (Lipinski definition) is 3. The molecule has 1 amide bonds. The first kappa shape index (κ1) is 23.5. The van der Waals surface area contributed by atoms with Crippen molar-refractivity contribution in [2.75, 3.05) is 45.9 Å². The Morgan fingerprint density at radius 1 is 1.42 bits per heavy atom. The maximum absolute atomic E-state index is 11.2. The Labute approximate surface area is 124 Å². The van der Waals surface area contributed by atoms with E-state index in [1.54, 1.807) is 7.05 Å². The minimum atomic E-state index is -0.165. The second-order valence-corrected chi connectivity index (χ2v) is 3.57. The topological polar surface area (TPSA) is 91.4 Å². The minimum absolute atomic E-state index is 0.0962. The van der Waals surface area contributed by atoms with Crippen molar-refractivity contribution in [1.82, 2.24) is 10.2 Å². The molecule has 0 aromatic heterocycles. The van der Waals surface area contributed by atoms with Crippen LogP contribution in [0.5, 0.6) is 0 Å². The van der Waals surface area contributed by atoms with Crippen molar-refractivity contribution in [3.63, 3.8) is 0 Å². The summed E-state index contributed by atoms with van der Waals surface area (Å²) >= 11 is 4.64. The van der Waals surface area contributed by atoms with Crippen molar-refractivity contribution in [3.8, 4) is 0 Å². The first-order valence-corrected chi connectivity index (χ1v) is 7.62. The van der Waals surface area contributed by atoms with Crippen LogP contribution < -0.4 is 11.1 Å². The van der Waals surface area contributed by atoms with Gasteiger partial charge in [0.05, 0.1) is 19.8 Å². The Kier molecular flexibility index (Phi) is 24.4. The van der Waals surface area contributed by atoms with Crippen molar-refractivity contribution >= 4 is 32.7 Å². The minimum Gasteiger partial charge on any atom is -0.379 e. The molecule has 0 saturated carbocycles. The SMILES string of the molecule is CC.CCl.CN(CC(=O)NCCOCCP)C(=N)N. The highest BCUT2D eigenvalue weighted by Crippen LogP contribution is 1.82. The monoisotopic (exact) mass is 314 g/mol. The summed E-state index contributed by atoms with van der Waals surface area (Å²) in [6.07, 6.45) is 2.36. The molecule has 0 fully saturated rings. The van der Waals surface area contributed by atoms with Crippen molar-refractivity contribution in [1.29, 1.82) is 5.41 Å². The summed E-state index contributed by atoms with van der Waals surface area (Å²) in [5.74, 6) is -0.286. The molecule has 0 saturated heterocycles. The first-order chi connectivity index (χ1) is 9.07. The van der Waals surface area contributed by atoms with Crippen LogP contribution in [0.1, 0.15) is 13.8 Å². The Balaban J connectivity index is -0.000000579. The summed E-state index contributed by atoms with van der Waals surface area (Å²) < 4.78 is 5.17. The highest BCUT2D eigenvalue weighted by atomic mass is 35.5. The van der Waals surface area contributed by atoms with Gasteiger partial charge in [0.1, 0.15) is 0 Å². The number of guanidine groups is 1. The van der Waals surface area contributed by atoms with Crippen LogP contribution in [0.15, 0.2) is 0 Å². The van der Waals surface area contributed by atoms with Crippen molar-refractivity contribution in [3.05, 3.63) is 0 Å². The third-order valence-corrected chi connectivity index (χ3v) is 1.86. The van der Waals surface area contributed by atoms with Gasteiger partial charge in [-0.2, -0.15) is 0 Å². The second kappa shape index (κ2) is 19.8. The summed E-state index contributed by atoms with van der Waals surface area (Å²) in [6, 6.07) is 0. The number of nitrogens with zero attached hydrogens (tertiary/aromatic N) is 1. The molecule has 19 heavy (non-hydrogen) atoms. The van der Waals surface area contributed by atoms with Crippen LogP contribution in [0, 0.1) is 5.41 Å². The third-order valence-electron chi connectivity index (χ3n) is 1.62. The maximum Gasteiger partial charge on any atom is 0.239 e. The van der Waals surface area contributed by atoms with Gasteiger partial charge in [-0.05, 0) is 6.16 Å². The Morgan fingerprint density at radius 3 is 2.37 bits per heavy atom. The number of halogens is 1. The molecule has 0 radical (unpaired) electrons. The summed E-state index contributed by atoms with van der Waals surface area (Å²) in [7, 11) is 4.15. The largest absolute Gasteiger partial charge is 0.379 e. The van der Waals surface area contributed by atoms with E-state index in [9.17, 15) is 4.79 Å². The molecule has 8 heteroatoms. The number of carbonyl (C=O) groups is 1. The van der Waals surface area contributed by atoms with Crippen molar-refractivity contribution in [2.24, 2.45) is 5.73 Å². The van der Waals surface area contributed by atoms with Crippen LogP contribution in [0.4, 0.5) is 0 Å². The van der Waals surface area contributed by atoms with Gasteiger partial charge in [0, 0.05) is 20.0 Å². The van der Waals surface area contributed by atoms with Crippen LogP contribution in [0.25, 0.3) is 0 Å². The lowest BCUT2D eigenvalue weighted by Gasteiger charge is -2.15. The molecule has 1 unspecified atom stereocenters. The summed E-state index contributed by atoms with van der Waals surface area (Å²) in [4.78, 5) is 12.6. The average molecular weight is 315 g/mol. The lowest BCUT2D eigenvalue weighted by molar-refractivity contribution is -0.121. The fourth-order valence-corrected chi connectivity index (χ4v) is 0.971. The number of rotatable bonds is 7. The number of nitrogens with two attached hydrogens (primary N) is 1. The van der Waals surface area contributed by atoms with E-state index in [1.165, 1.54) is 11.3 Å². The van der Waals surface area contributed by atoms with Gasteiger partial charge < -0.3 is 20.7 Å². The van der Waals surface area contributed by atoms with E-state index < -0.39 is 0 Å². The Bertz CT molecular complexity index is 221. The normalized spacial score (nSPS) is 8.32. The summed E-state index contributed by atoms with van der Waals surface area (Å²) in [5.41, 5.74) is 5.18. The van der Waals surface area contributed by atoms with Crippen LogP contribution in [-0.4, -0.2) is 62.7 Å². The molecule has 0 aromatic rings. The zero-order chi connectivity index (χ0) is 15.7. The van der Waals surface area contributed by atoms with Gasteiger partial charge in [0.25, 0.3) is 0 Å². The number of hydrogen-bond donors (Lipinski definition) is 3. The van der Waals surface area contributed by atoms with E-state index in [0.717, 1.165) is 6.16 Å². The van der Waals surface area contributed by atoms with Crippen LogP contribution in [0.2, 0.25) is 0 Å². The molecule has 1 atom stereocenters. The van der Waals surface area contributed by atoms with E-state index in [0.29, 0.717) is 19.8 Å². The molecule has 6 nitrogen and oxygen atoms in total. The van der Waals surface area contributed by atoms with E-state index in [4.69, 9.17) is 15.9 Å². The molecule has 0 spiro atoms. The number of amides is 1. The van der Waals surface area contributed by atoms with Gasteiger partial charge in [-0.1, -0.05) is 13.8 Å². The van der Waals surface area contributed by atoms with E-state index in [2.05, 4.69) is 26.2 Å². The Hall–Kier alpha value is -0.580. The lowest BCUT2D eigenvalue weighted by Crippen LogP contribution is -2.42. The molecule has 0 aliphatic heterocycles. The lowest BCUT2D eigenvalue weighted by atomic mass is 10.5. The van der Waals surface area contributed by atoms with Gasteiger partial charge in [-0.3, -0.25) is 10.2 Å². The fraction of sp³-hybridized carbons (Fsp3) is 0.818. The van der Waals surface area contributed by atoms with E-state index in [-0.39, 0.29) is 18.4 Å². The zero-order valence-corrected chi connectivity index (χ0v) is 14.2. The molecule has 0 aromatic carbocycles. The highest BCUT2D eigenvalue weighted by Gasteiger charge is 2.05. The molecule has 0 aliphatic carbocycles. The fourth-order valence-electron chi connectivity index (χ4n) is 0.804. The number of nitrogens with one attached hydrogen (secondary N) is 2. The Morgan fingerprint density at radius 2 is 1.95 bits per heavy atom. The summed E-state index contributed by atoms with van der Waals surface area (Å²) in [6.45, 7) is 5.76. The van der Waals surface area contributed by atoms with Crippen LogP contribution >= 0.6 is 20.8 Å². The molecule has 116 valence electrons. The number of carbonyl (C=O) groups excluding carboxylic acids is 1. The second-order valence-electron chi connectivity index (χ2n) is 2.99. The van der Waals surface area contributed by atoms with Crippen LogP contribution in [0.3, 0.4) is 0 Å². The molecule has 4 N–H and O–H groups in total. The average Bonchev–Trinajstić information content (AvgIpc) is 2.43. The molecule has 0 rings (SSSR count). The maximum atomic E-state index is 11.2. The van der Waals surface area contributed by atoms with Gasteiger partial charge >= 0.3 is 0 Å². The number of alkyl halides is 1. The predicted octanol–water partition coefficient (Wildman–Crippen LogP) is 0.701. The third kappa shape index (κ3) is 19.9. The molecular weight excluding hydrogens is 287 g/mol. The smallest absolute Gasteiger partial charge is 0.239 e. The first-order valence-electron chi connectivity index (χ1n) is 6.05. The van der Waals surface area contributed by atoms with E-state index >= 15 is 0 Å². The quantitative estimate of drug-likeness (QED) is 0.212. The number of ether oxygens (including phenoxy) is 1. The van der Waals surface area contributed by atoms with Gasteiger partial charge in [0.15, 0.2) is 5.96 Å². The van der Waals surface area contributed by atoms with Gasteiger partial charge in [-0.15, -0.1) is 20.8 Å². The van der Waals surface area contributed by atoms with Crippen molar-refractivity contribution in [2.45, 2.75) is 13.8 Å². The van der Waals surface area contributed by atoms with Crippen LogP contribution in [-0.2, 0) is 9.53 Å². The summed E-state index contributed by atoms with van der Waals surface area (Å²) in [5, 5.41) is 9.72. The molecule has 0 bridgehead atoms. The molecular formula is C11H28ClN4O2P. The molecule has 0 aliphatic rings. The molecule has 0 heterocycles. The standard InChI is InChI=1S/C8H19N4O2P.C2H6.CH3Cl/c1-12(8(9)10)6-7(13)11-2-3-14-4-5-15;2*1-2/h2-6,15H2,1H3,(H3,9,10)(H,11,13);1-2H3;1H3. The highest BCUT2D eigenvalue weighted by molar-refractivity contribution is 7.16. The number of likely N-dealkylation sites (N-methyl/N-ethyl adjacent to an activating group) is 1. The predicted molar refractivity (Wildman–Crippen MR) is 86.1 cm³/mol. The van der Waals surface area contributed by atoms with E-state index in [1.807, 2.05) is 13.8 Å².